The van der Waals surface area contributed by atoms with Gasteiger partial charge in [-0.15, -0.1) is 0 Å². The summed E-state index contributed by atoms with van der Waals surface area (Å²) in [5.74, 6) is 1.43. The van der Waals surface area contributed by atoms with Crippen LogP contribution < -0.4 is 19.9 Å². The molecule has 0 saturated heterocycles. The van der Waals surface area contributed by atoms with Crippen molar-refractivity contribution in [3.05, 3.63) is 76.1 Å². The van der Waals surface area contributed by atoms with Gasteiger partial charge in [0.1, 0.15) is 17.4 Å². The van der Waals surface area contributed by atoms with Gasteiger partial charge in [-0.2, -0.15) is 5.26 Å². The number of halogens is 1. The van der Waals surface area contributed by atoms with E-state index in [1.54, 1.807) is 20.3 Å². The lowest BCUT2D eigenvalue weighted by Gasteiger charge is -2.28. The first-order valence-corrected chi connectivity index (χ1v) is 8.97. The predicted octanol–water partition coefficient (Wildman–Crippen LogP) is 4.73. The number of ether oxygens (including phenoxy) is 3. The van der Waals surface area contributed by atoms with Gasteiger partial charge in [0.15, 0.2) is 11.5 Å². The van der Waals surface area contributed by atoms with E-state index < -0.39 is 5.92 Å². The Morgan fingerprint density at radius 1 is 1.04 bits per heavy atom. The molecule has 1 heterocycles. The predicted molar refractivity (Wildman–Crippen MR) is 108 cm³/mol. The first kappa shape index (κ1) is 18.0. The Labute approximate surface area is 167 Å². The van der Waals surface area contributed by atoms with Crippen LogP contribution in [-0.4, -0.2) is 14.2 Å². The Bertz CT molecular complexity index is 1160. The lowest BCUT2D eigenvalue weighted by molar-refractivity contribution is 0.354. The number of rotatable bonds is 3. The van der Waals surface area contributed by atoms with Gasteiger partial charge in [0.2, 0.25) is 5.88 Å². The molecule has 0 bridgehead atoms. The molecule has 3 aromatic carbocycles. The lowest BCUT2D eigenvalue weighted by atomic mass is 9.82. The molecule has 5 nitrogen and oxygen atoms in total. The van der Waals surface area contributed by atoms with Crippen molar-refractivity contribution in [2.45, 2.75) is 5.92 Å². The maximum atomic E-state index is 9.77. The van der Waals surface area contributed by atoms with E-state index in [1.165, 1.54) is 0 Å². The summed E-state index contributed by atoms with van der Waals surface area (Å²) < 4.78 is 16.6. The molecule has 0 radical (unpaired) electrons. The molecule has 6 heteroatoms. The fraction of sp³-hybridized carbons (Fsp3) is 0.136. The number of methoxy groups -OCH3 is 2. The van der Waals surface area contributed by atoms with Crippen LogP contribution in [0.5, 0.6) is 17.2 Å². The van der Waals surface area contributed by atoms with Gasteiger partial charge >= 0.3 is 0 Å². The molecule has 0 unspecified atom stereocenters. The molecule has 0 saturated carbocycles. The maximum Gasteiger partial charge on any atom is 0.205 e. The van der Waals surface area contributed by atoms with Gasteiger partial charge in [0.25, 0.3) is 0 Å². The Morgan fingerprint density at radius 2 is 1.75 bits per heavy atom. The highest BCUT2D eigenvalue weighted by molar-refractivity contribution is 6.36. The van der Waals surface area contributed by atoms with Crippen LogP contribution in [0.25, 0.3) is 10.8 Å². The zero-order valence-corrected chi connectivity index (χ0v) is 16.1. The zero-order valence-electron chi connectivity index (χ0n) is 15.3. The summed E-state index contributed by atoms with van der Waals surface area (Å²) in [5, 5.41) is 12.1. The molecule has 3 aromatic rings. The molecule has 2 N–H and O–H groups in total. The number of hydrogen-bond acceptors (Lipinski definition) is 5. The highest BCUT2D eigenvalue weighted by Gasteiger charge is 2.33. The van der Waals surface area contributed by atoms with E-state index in [-0.39, 0.29) is 5.88 Å². The van der Waals surface area contributed by atoms with Gasteiger partial charge in [0.05, 0.1) is 20.1 Å². The van der Waals surface area contributed by atoms with Crippen molar-refractivity contribution in [1.82, 2.24) is 0 Å². The van der Waals surface area contributed by atoms with E-state index in [9.17, 15) is 5.26 Å². The van der Waals surface area contributed by atoms with Crippen LogP contribution in [0.1, 0.15) is 17.0 Å². The highest BCUT2D eigenvalue weighted by Crippen LogP contribution is 2.48. The van der Waals surface area contributed by atoms with Crippen molar-refractivity contribution in [2.24, 2.45) is 5.73 Å². The van der Waals surface area contributed by atoms with E-state index in [2.05, 4.69) is 6.07 Å². The molecule has 1 atom stereocenters. The third-order valence-electron chi connectivity index (χ3n) is 4.91. The minimum Gasteiger partial charge on any atom is -0.493 e. The fourth-order valence-corrected chi connectivity index (χ4v) is 3.90. The van der Waals surface area contributed by atoms with Gasteiger partial charge < -0.3 is 19.9 Å². The summed E-state index contributed by atoms with van der Waals surface area (Å²) in [7, 11) is 3.14. The van der Waals surface area contributed by atoms with Crippen molar-refractivity contribution >= 4 is 22.4 Å². The second-order valence-electron chi connectivity index (χ2n) is 6.36. The fourth-order valence-electron chi connectivity index (χ4n) is 3.61. The molecule has 140 valence electrons. The van der Waals surface area contributed by atoms with E-state index in [4.69, 9.17) is 31.5 Å². The number of benzene rings is 3. The van der Waals surface area contributed by atoms with Gasteiger partial charge in [-0.3, -0.25) is 0 Å². The molecular weight excluding hydrogens is 376 g/mol. The Kier molecular flexibility index (Phi) is 4.50. The quantitative estimate of drug-likeness (QED) is 0.697. The van der Waals surface area contributed by atoms with Gasteiger partial charge in [-0.25, -0.2) is 0 Å². The summed E-state index contributed by atoms with van der Waals surface area (Å²) in [5.41, 5.74) is 8.07. The van der Waals surface area contributed by atoms with Gasteiger partial charge in [-0.05, 0) is 23.8 Å². The summed E-state index contributed by atoms with van der Waals surface area (Å²) in [6, 6.07) is 17.2. The van der Waals surface area contributed by atoms with E-state index >= 15 is 0 Å². The minimum atomic E-state index is -0.435. The Balaban J connectivity index is 2.01. The van der Waals surface area contributed by atoms with Crippen molar-refractivity contribution in [3.8, 4) is 23.3 Å². The van der Waals surface area contributed by atoms with Crippen LogP contribution in [-0.2, 0) is 0 Å². The third kappa shape index (κ3) is 2.70. The third-order valence-corrected chi connectivity index (χ3v) is 5.22. The average Bonchev–Trinajstić information content (AvgIpc) is 2.73. The second kappa shape index (κ2) is 6.99. The molecule has 1 aliphatic heterocycles. The number of allylic oxidation sites excluding steroid dienone is 1. The summed E-state index contributed by atoms with van der Waals surface area (Å²) in [4.78, 5) is 0. The van der Waals surface area contributed by atoms with Crippen LogP contribution in [0.15, 0.2) is 60.0 Å². The molecule has 1 aliphatic rings. The largest absolute Gasteiger partial charge is 0.493 e. The van der Waals surface area contributed by atoms with Gasteiger partial charge in [0, 0.05) is 21.4 Å². The molecule has 0 fully saturated rings. The monoisotopic (exact) mass is 392 g/mol. The summed E-state index contributed by atoms with van der Waals surface area (Å²) >= 11 is 6.55. The second-order valence-corrected chi connectivity index (χ2v) is 6.77. The van der Waals surface area contributed by atoms with E-state index in [0.29, 0.717) is 27.8 Å². The van der Waals surface area contributed by atoms with Crippen molar-refractivity contribution < 1.29 is 14.2 Å². The topological polar surface area (TPSA) is 77.5 Å². The molecule has 28 heavy (non-hydrogen) atoms. The van der Waals surface area contributed by atoms with Crippen LogP contribution in [0.4, 0.5) is 0 Å². The van der Waals surface area contributed by atoms with E-state index in [1.807, 2.05) is 42.5 Å². The lowest BCUT2D eigenvalue weighted by Crippen LogP contribution is -2.21. The smallest absolute Gasteiger partial charge is 0.205 e. The standard InChI is InChI=1S/C22H17ClN2O3/c1-26-18-8-7-12(9-19(18)27-2)20-15-10-17(23)13-5-3-4-6-14(13)21(15)28-22(25)16(20)11-24/h3-10,20H,25H2,1-2H3/t20-/m1/s1. The summed E-state index contributed by atoms with van der Waals surface area (Å²) in [6.07, 6.45) is 0. The normalized spacial score (nSPS) is 15.6. The number of nitrogens with zero attached hydrogens (tertiary/aromatic N) is 1. The molecular formula is C22H17ClN2O3. The van der Waals surface area contributed by atoms with Crippen LogP contribution in [0.3, 0.4) is 0 Å². The van der Waals surface area contributed by atoms with Crippen molar-refractivity contribution in [2.75, 3.05) is 14.2 Å². The molecule has 0 amide bonds. The number of hydrogen-bond donors (Lipinski definition) is 1. The number of nitrogens with two attached hydrogens (primary N) is 1. The highest BCUT2D eigenvalue weighted by atomic mass is 35.5. The molecule has 0 spiro atoms. The van der Waals surface area contributed by atoms with E-state index in [0.717, 1.165) is 21.9 Å². The van der Waals surface area contributed by atoms with Crippen LogP contribution in [0, 0.1) is 11.3 Å². The van der Waals surface area contributed by atoms with Crippen molar-refractivity contribution in [1.29, 1.82) is 5.26 Å². The molecule has 0 aromatic heterocycles. The Hall–Kier alpha value is -3.36. The summed E-state index contributed by atoms with van der Waals surface area (Å²) in [6.45, 7) is 0. The number of nitriles is 1. The molecule has 4 rings (SSSR count). The Morgan fingerprint density at radius 3 is 2.43 bits per heavy atom. The first-order chi connectivity index (χ1) is 13.6. The molecule has 0 aliphatic carbocycles. The number of fused-ring (bicyclic) bond motifs is 3. The van der Waals surface area contributed by atoms with Crippen LogP contribution >= 0.6 is 11.6 Å². The van der Waals surface area contributed by atoms with Crippen molar-refractivity contribution in [3.63, 3.8) is 0 Å². The zero-order chi connectivity index (χ0) is 19.8. The SMILES string of the molecule is COc1ccc([C@H]2C(C#N)=C(N)Oc3c2cc(Cl)c2ccccc32)cc1OC. The minimum absolute atomic E-state index is 0.0854. The maximum absolute atomic E-state index is 9.77. The van der Waals surface area contributed by atoms with Gasteiger partial charge in [-0.1, -0.05) is 41.9 Å². The van der Waals surface area contributed by atoms with Crippen LogP contribution in [0.2, 0.25) is 5.02 Å². The average molecular weight is 393 g/mol. The first-order valence-electron chi connectivity index (χ1n) is 8.59.